The van der Waals surface area contributed by atoms with Crippen LogP contribution in [0.4, 0.5) is 0 Å². The molecule has 0 bridgehead atoms. The quantitative estimate of drug-likeness (QED) is 0.817. The van der Waals surface area contributed by atoms with E-state index in [4.69, 9.17) is 15.0 Å². The van der Waals surface area contributed by atoms with Gasteiger partial charge in [0.25, 0.3) is 0 Å². The summed E-state index contributed by atoms with van der Waals surface area (Å²) in [6.07, 6.45) is 5.76. The summed E-state index contributed by atoms with van der Waals surface area (Å²) in [5.41, 5.74) is 6.14. The van der Waals surface area contributed by atoms with Gasteiger partial charge in [0.15, 0.2) is 5.82 Å². The molecule has 5 nitrogen and oxygen atoms in total. The zero-order valence-corrected chi connectivity index (χ0v) is 9.69. The summed E-state index contributed by atoms with van der Waals surface area (Å²) in [5, 5.41) is 3.82. The highest BCUT2D eigenvalue weighted by Crippen LogP contribution is 2.27. The monoisotopic (exact) mass is 225 g/mol. The Kier molecular flexibility index (Phi) is 3.90. The summed E-state index contributed by atoms with van der Waals surface area (Å²) in [4.78, 5) is 4.23. The first-order valence-corrected chi connectivity index (χ1v) is 5.85. The minimum Gasteiger partial charge on any atom is -0.377 e. The van der Waals surface area contributed by atoms with Crippen molar-refractivity contribution in [2.45, 2.75) is 44.8 Å². The molecular formula is C11H19N3O2. The van der Waals surface area contributed by atoms with Crippen LogP contribution in [-0.4, -0.2) is 23.3 Å². The summed E-state index contributed by atoms with van der Waals surface area (Å²) in [5.74, 6) is 1.85. The third kappa shape index (κ3) is 2.80. The largest absolute Gasteiger partial charge is 0.377 e. The van der Waals surface area contributed by atoms with Gasteiger partial charge in [0.1, 0.15) is 6.61 Å². The van der Waals surface area contributed by atoms with Crippen LogP contribution in [0.2, 0.25) is 0 Å². The predicted molar refractivity (Wildman–Crippen MR) is 58.6 cm³/mol. The van der Waals surface area contributed by atoms with Crippen molar-refractivity contribution in [2.75, 3.05) is 7.11 Å². The van der Waals surface area contributed by atoms with Crippen LogP contribution in [-0.2, 0) is 17.8 Å². The van der Waals surface area contributed by atoms with E-state index in [0.717, 1.165) is 0 Å². The van der Waals surface area contributed by atoms with Crippen LogP contribution in [0, 0.1) is 5.92 Å². The Hall–Kier alpha value is -0.940. The number of rotatable bonds is 5. The average molecular weight is 225 g/mol. The third-order valence-electron chi connectivity index (χ3n) is 3.20. The van der Waals surface area contributed by atoms with Gasteiger partial charge >= 0.3 is 0 Å². The van der Waals surface area contributed by atoms with Crippen molar-refractivity contribution in [3.63, 3.8) is 0 Å². The number of aromatic nitrogens is 2. The van der Waals surface area contributed by atoms with Crippen LogP contribution in [0.25, 0.3) is 0 Å². The van der Waals surface area contributed by atoms with Gasteiger partial charge in [0.05, 0.1) is 0 Å². The van der Waals surface area contributed by atoms with Crippen LogP contribution in [0.1, 0.15) is 37.4 Å². The highest BCUT2D eigenvalue weighted by Gasteiger charge is 2.23. The standard InChI is InChI=1S/C11H19N3O2/c1-15-7-10-13-11(16-14-10)6-9(12)8-4-2-3-5-8/h8-9H,2-7,12H2,1H3. The van der Waals surface area contributed by atoms with Crippen LogP contribution >= 0.6 is 0 Å². The Morgan fingerprint density at radius 2 is 2.25 bits per heavy atom. The summed E-state index contributed by atoms with van der Waals surface area (Å²) in [6, 6.07) is 0.151. The lowest BCUT2D eigenvalue weighted by Crippen LogP contribution is -2.30. The molecule has 0 radical (unpaired) electrons. The van der Waals surface area contributed by atoms with Crippen molar-refractivity contribution in [1.82, 2.24) is 10.1 Å². The summed E-state index contributed by atoms with van der Waals surface area (Å²) >= 11 is 0. The van der Waals surface area contributed by atoms with Gasteiger partial charge in [-0.25, -0.2) is 0 Å². The third-order valence-corrected chi connectivity index (χ3v) is 3.20. The Labute approximate surface area is 95.3 Å². The van der Waals surface area contributed by atoms with E-state index in [9.17, 15) is 0 Å². The molecule has 1 aliphatic rings. The zero-order chi connectivity index (χ0) is 11.4. The summed E-state index contributed by atoms with van der Waals surface area (Å²) in [7, 11) is 1.61. The molecule has 0 aromatic carbocycles. The molecule has 16 heavy (non-hydrogen) atoms. The Morgan fingerprint density at radius 3 is 2.94 bits per heavy atom. The summed E-state index contributed by atoms with van der Waals surface area (Å²) in [6.45, 7) is 0.391. The molecule has 1 heterocycles. The SMILES string of the molecule is COCc1noc(CC(N)C2CCCC2)n1. The molecule has 0 spiro atoms. The van der Waals surface area contributed by atoms with Crippen LogP contribution in [0.5, 0.6) is 0 Å². The van der Waals surface area contributed by atoms with Crippen LogP contribution < -0.4 is 5.73 Å². The topological polar surface area (TPSA) is 74.2 Å². The molecule has 2 N–H and O–H groups in total. The fraction of sp³-hybridized carbons (Fsp3) is 0.818. The molecule has 0 aliphatic heterocycles. The first-order valence-electron chi connectivity index (χ1n) is 5.85. The van der Waals surface area contributed by atoms with Crippen molar-refractivity contribution in [1.29, 1.82) is 0 Å². The van der Waals surface area contributed by atoms with Crippen molar-refractivity contribution in [3.8, 4) is 0 Å². The molecule has 1 aromatic rings. The lowest BCUT2D eigenvalue weighted by atomic mass is 9.96. The smallest absolute Gasteiger partial charge is 0.228 e. The van der Waals surface area contributed by atoms with Gasteiger partial charge in [-0.3, -0.25) is 0 Å². The lowest BCUT2D eigenvalue weighted by molar-refractivity contribution is 0.174. The second-order valence-electron chi connectivity index (χ2n) is 4.45. The molecule has 1 aliphatic carbocycles. The molecule has 2 rings (SSSR count). The number of nitrogens with two attached hydrogens (primary N) is 1. The minimum atomic E-state index is 0.151. The number of ether oxygens (including phenoxy) is 1. The molecule has 90 valence electrons. The van der Waals surface area contributed by atoms with Crippen molar-refractivity contribution < 1.29 is 9.26 Å². The minimum absolute atomic E-state index is 0.151. The molecular weight excluding hydrogens is 206 g/mol. The zero-order valence-electron chi connectivity index (χ0n) is 9.69. The molecule has 1 atom stereocenters. The number of hydrogen-bond donors (Lipinski definition) is 1. The van der Waals surface area contributed by atoms with E-state index < -0.39 is 0 Å². The van der Waals surface area contributed by atoms with Gasteiger partial charge in [-0.15, -0.1) is 0 Å². The summed E-state index contributed by atoms with van der Waals surface area (Å²) < 4.78 is 10.1. The van der Waals surface area contributed by atoms with Gasteiger partial charge < -0.3 is 15.0 Å². The van der Waals surface area contributed by atoms with Crippen LogP contribution in [0.15, 0.2) is 4.52 Å². The van der Waals surface area contributed by atoms with E-state index >= 15 is 0 Å². The Bertz CT molecular complexity index is 321. The van der Waals surface area contributed by atoms with E-state index in [2.05, 4.69) is 10.1 Å². The predicted octanol–water partition coefficient (Wildman–Crippen LogP) is 1.28. The Morgan fingerprint density at radius 1 is 1.50 bits per heavy atom. The number of methoxy groups -OCH3 is 1. The maximum absolute atomic E-state index is 6.14. The van der Waals surface area contributed by atoms with E-state index in [-0.39, 0.29) is 6.04 Å². The fourth-order valence-electron chi connectivity index (χ4n) is 2.31. The average Bonchev–Trinajstić information content (AvgIpc) is 2.89. The van der Waals surface area contributed by atoms with Crippen LogP contribution in [0.3, 0.4) is 0 Å². The fourth-order valence-corrected chi connectivity index (χ4v) is 2.31. The maximum atomic E-state index is 6.14. The van der Waals surface area contributed by atoms with E-state index in [1.54, 1.807) is 7.11 Å². The molecule has 0 saturated heterocycles. The molecule has 1 unspecified atom stereocenters. The van der Waals surface area contributed by atoms with E-state index in [1.165, 1.54) is 25.7 Å². The van der Waals surface area contributed by atoms with Gasteiger partial charge in [-0.2, -0.15) is 4.98 Å². The highest BCUT2D eigenvalue weighted by molar-refractivity contribution is 4.90. The van der Waals surface area contributed by atoms with Gasteiger partial charge in [-0.1, -0.05) is 18.0 Å². The van der Waals surface area contributed by atoms with Gasteiger partial charge in [-0.05, 0) is 18.8 Å². The van der Waals surface area contributed by atoms with Gasteiger partial charge in [0.2, 0.25) is 5.89 Å². The lowest BCUT2D eigenvalue weighted by Gasteiger charge is -2.16. The van der Waals surface area contributed by atoms with Crippen molar-refractivity contribution >= 4 is 0 Å². The highest BCUT2D eigenvalue weighted by atomic mass is 16.5. The maximum Gasteiger partial charge on any atom is 0.228 e. The number of nitrogens with zero attached hydrogens (tertiary/aromatic N) is 2. The second-order valence-corrected chi connectivity index (χ2v) is 4.45. The molecule has 1 fully saturated rings. The normalized spacial score (nSPS) is 19.1. The second kappa shape index (κ2) is 5.41. The number of hydrogen-bond acceptors (Lipinski definition) is 5. The van der Waals surface area contributed by atoms with E-state index in [0.29, 0.717) is 30.7 Å². The molecule has 0 amide bonds. The first-order chi connectivity index (χ1) is 7.79. The van der Waals surface area contributed by atoms with Gasteiger partial charge in [0, 0.05) is 19.6 Å². The van der Waals surface area contributed by atoms with E-state index in [1.807, 2.05) is 0 Å². The first kappa shape index (κ1) is 11.5. The van der Waals surface area contributed by atoms with Crippen molar-refractivity contribution in [2.24, 2.45) is 11.7 Å². The molecule has 1 aromatic heterocycles. The Balaban J connectivity index is 1.87. The molecule has 1 saturated carbocycles. The molecule has 5 heteroatoms. The van der Waals surface area contributed by atoms with Crippen molar-refractivity contribution in [3.05, 3.63) is 11.7 Å².